The Bertz CT molecular complexity index is 844. The summed E-state index contributed by atoms with van der Waals surface area (Å²) in [6.07, 6.45) is 6.97. The molecule has 2 aliphatic rings. The third kappa shape index (κ3) is 5.96. The molecule has 2 heterocycles. The van der Waals surface area contributed by atoms with Crippen LogP contribution in [-0.2, 0) is 9.59 Å². The number of allylic oxidation sites excluding steroid dienone is 1. The van der Waals surface area contributed by atoms with Crippen molar-refractivity contribution in [3.63, 3.8) is 0 Å². The number of hydrogen-bond donors (Lipinski definition) is 1. The quantitative estimate of drug-likeness (QED) is 0.690. The van der Waals surface area contributed by atoms with Gasteiger partial charge >= 0.3 is 0 Å². The van der Waals surface area contributed by atoms with E-state index in [1.54, 1.807) is 36.4 Å². The molecule has 0 saturated carbocycles. The Morgan fingerprint density at radius 2 is 1.84 bits per heavy atom. The zero-order chi connectivity index (χ0) is 23.3. The van der Waals surface area contributed by atoms with Crippen molar-refractivity contribution in [2.24, 2.45) is 23.7 Å². The fourth-order valence-electron chi connectivity index (χ4n) is 4.93. The van der Waals surface area contributed by atoms with Gasteiger partial charge in [-0.25, -0.2) is 0 Å². The fourth-order valence-corrected chi connectivity index (χ4v) is 4.93. The van der Waals surface area contributed by atoms with E-state index in [9.17, 15) is 14.4 Å². The number of nitrogens with zero attached hydrogens (tertiary/aromatic N) is 3. The standard InChI is InChI=1S/C25H36N4O3/c1-17(2)23-13-21(14-24(31)29-10-8-28(9-11-29)19(4)30)18(3)12-22(23)16-27-25(32)20-6-5-7-26-15-20/h5-7,12,15,17,21-23H,8-11,13-14,16H2,1-4H3,(H,27,32). The van der Waals surface area contributed by atoms with E-state index in [1.165, 1.54) is 5.57 Å². The second-order valence-corrected chi connectivity index (χ2v) is 9.46. The Labute approximate surface area is 191 Å². The molecule has 1 aromatic rings. The smallest absolute Gasteiger partial charge is 0.252 e. The minimum atomic E-state index is -0.103. The van der Waals surface area contributed by atoms with E-state index >= 15 is 0 Å². The van der Waals surface area contributed by atoms with Crippen LogP contribution in [0, 0.1) is 23.7 Å². The van der Waals surface area contributed by atoms with Crippen molar-refractivity contribution < 1.29 is 14.4 Å². The Morgan fingerprint density at radius 1 is 1.16 bits per heavy atom. The van der Waals surface area contributed by atoms with Gasteiger partial charge in [0.05, 0.1) is 5.56 Å². The van der Waals surface area contributed by atoms with Crippen LogP contribution >= 0.6 is 0 Å². The number of amides is 3. The van der Waals surface area contributed by atoms with Gasteiger partial charge in [0.25, 0.3) is 5.91 Å². The van der Waals surface area contributed by atoms with Gasteiger partial charge in [0.2, 0.25) is 11.8 Å². The number of aromatic nitrogens is 1. The first kappa shape index (κ1) is 24.0. The first-order chi connectivity index (χ1) is 15.3. The molecule has 1 aliphatic heterocycles. The summed E-state index contributed by atoms with van der Waals surface area (Å²) >= 11 is 0. The minimum absolute atomic E-state index is 0.0737. The normalized spacial score (nSPS) is 23.7. The molecular formula is C25H36N4O3. The Morgan fingerprint density at radius 3 is 2.44 bits per heavy atom. The van der Waals surface area contributed by atoms with Crippen molar-refractivity contribution in [1.29, 1.82) is 0 Å². The van der Waals surface area contributed by atoms with E-state index in [1.807, 2.05) is 4.90 Å². The maximum absolute atomic E-state index is 13.0. The van der Waals surface area contributed by atoms with Crippen molar-refractivity contribution in [2.45, 2.75) is 40.5 Å². The third-order valence-electron chi connectivity index (χ3n) is 7.00. The highest BCUT2D eigenvalue weighted by atomic mass is 16.2. The zero-order valence-electron chi connectivity index (χ0n) is 19.7. The Kier molecular flexibility index (Phi) is 8.04. The van der Waals surface area contributed by atoms with Crippen LogP contribution in [0.5, 0.6) is 0 Å². The van der Waals surface area contributed by atoms with Crippen LogP contribution < -0.4 is 5.32 Å². The first-order valence-corrected chi connectivity index (χ1v) is 11.7. The Balaban J connectivity index is 1.59. The highest BCUT2D eigenvalue weighted by molar-refractivity contribution is 5.93. The molecule has 0 radical (unpaired) electrons. The average Bonchev–Trinajstić information content (AvgIpc) is 2.79. The van der Waals surface area contributed by atoms with Crippen molar-refractivity contribution in [2.75, 3.05) is 32.7 Å². The molecule has 3 unspecified atom stereocenters. The van der Waals surface area contributed by atoms with E-state index in [0.29, 0.717) is 56.5 Å². The molecule has 1 saturated heterocycles. The lowest BCUT2D eigenvalue weighted by molar-refractivity contribution is -0.139. The van der Waals surface area contributed by atoms with Crippen LogP contribution in [0.25, 0.3) is 0 Å². The molecule has 32 heavy (non-hydrogen) atoms. The van der Waals surface area contributed by atoms with Gasteiger partial charge in [0, 0.05) is 58.5 Å². The summed E-state index contributed by atoms with van der Waals surface area (Å²) in [4.78, 5) is 44.6. The van der Waals surface area contributed by atoms with Crippen LogP contribution in [0.1, 0.15) is 50.9 Å². The largest absolute Gasteiger partial charge is 0.351 e. The highest BCUT2D eigenvalue weighted by Gasteiger charge is 2.34. The fraction of sp³-hybridized carbons (Fsp3) is 0.600. The molecule has 3 amide bonds. The lowest BCUT2D eigenvalue weighted by Crippen LogP contribution is -2.50. The van der Waals surface area contributed by atoms with Crippen molar-refractivity contribution in [3.05, 3.63) is 41.7 Å². The predicted molar refractivity (Wildman–Crippen MR) is 124 cm³/mol. The van der Waals surface area contributed by atoms with Gasteiger partial charge in [-0.2, -0.15) is 0 Å². The summed E-state index contributed by atoms with van der Waals surface area (Å²) in [5, 5.41) is 3.06. The van der Waals surface area contributed by atoms with Gasteiger partial charge in [-0.05, 0) is 49.1 Å². The van der Waals surface area contributed by atoms with Gasteiger partial charge in [-0.3, -0.25) is 19.4 Å². The highest BCUT2D eigenvalue weighted by Crippen LogP contribution is 2.39. The number of pyridine rings is 1. The summed E-state index contributed by atoms with van der Waals surface area (Å²) < 4.78 is 0. The van der Waals surface area contributed by atoms with E-state index in [4.69, 9.17) is 0 Å². The molecule has 1 aliphatic carbocycles. The SMILES string of the molecule is CC(=O)N1CCN(C(=O)CC2CC(C(C)C)C(CNC(=O)c3cccnc3)C=C2C)CC1. The molecular weight excluding hydrogens is 404 g/mol. The molecule has 0 aromatic carbocycles. The molecule has 7 heteroatoms. The zero-order valence-corrected chi connectivity index (χ0v) is 19.7. The van der Waals surface area contributed by atoms with Gasteiger partial charge in [-0.15, -0.1) is 0 Å². The number of nitrogens with one attached hydrogen (secondary N) is 1. The molecule has 0 spiro atoms. The van der Waals surface area contributed by atoms with Gasteiger partial charge in [0.1, 0.15) is 0 Å². The van der Waals surface area contributed by atoms with Gasteiger partial charge < -0.3 is 15.1 Å². The number of carbonyl (C=O) groups excluding carboxylic acids is 3. The second kappa shape index (κ2) is 10.7. The minimum Gasteiger partial charge on any atom is -0.351 e. The van der Waals surface area contributed by atoms with E-state index in [2.05, 4.69) is 37.1 Å². The predicted octanol–water partition coefficient (Wildman–Crippen LogP) is 2.75. The van der Waals surface area contributed by atoms with Crippen LogP contribution in [0.2, 0.25) is 0 Å². The molecule has 1 N–H and O–H groups in total. The first-order valence-electron chi connectivity index (χ1n) is 11.7. The molecule has 1 fully saturated rings. The summed E-state index contributed by atoms with van der Waals surface area (Å²) in [6.45, 7) is 11.2. The summed E-state index contributed by atoms with van der Waals surface area (Å²) in [5.41, 5.74) is 1.80. The van der Waals surface area contributed by atoms with Crippen LogP contribution in [0.4, 0.5) is 0 Å². The van der Waals surface area contributed by atoms with Crippen LogP contribution in [-0.4, -0.2) is 65.2 Å². The number of carbonyl (C=O) groups is 3. The number of hydrogen-bond acceptors (Lipinski definition) is 4. The topological polar surface area (TPSA) is 82.6 Å². The third-order valence-corrected chi connectivity index (χ3v) is 7.00. The maximum atomic E-state index is 13.0. The van der Waals surface area contributed by atoms with Gasteiger partial charge in [0.15, 0.2) is 0 Å². The van der Waals surface area contributed by atoms with Crippen molar-refractivity contribution in [1.82, 2.24) is 20.1 Å². The maximum Gasteiger partial charge on any atom is 0.252 e. The number of rotatable bonds is 6. The van der Waals surface area contributed by atoms with E-state index in [0.717, 1.165) is 6.42 Å². The molecule has 174 valence electrons. The lowest BCUT2D eigenvalue weighted by Gasteiger charge is -2.39. The molecule has 7 nitrogen and oxygen atoms in total. The van der Waals surface area contributed by atoms with Crippen molar-refractivity contribution >= 4 is 17.7 Å². The summed E-state index contributed by atoms with van der Waals surface area (Å²) in [7, 11) is 0. The van der Waals surface area contributed by atoms with Crippen LogP contribution in [0.3, 0.4) is 0 Å². The van der Waals surface area contributed by atoms with Gasteiger partial charge in [-0.1, -0.05) is 25.5 Å². The lowest BCUT2D eigenvalue weighted by atomic mass is 9.69. The summed E-state index contributed by atoms with van der Waals surface area (Å²) in [6, 6.07) is 3.53. The second-order valence-electron chi connectivity index (χ2n) is 9.46. The van der Waals surface area contributed by atoms with E-state index in [-0.39, 0.29) is 29.6 Å². The van der Waals surface area contributed by atoms with Crippen LogP contribution in [0.15, 0.2) is 36.2 Å². The monoisotopic (exact) mass is 440 g/mol. The molecule has 3 rings (SSSR count). The van der Waals surface area contributed by atoms with E-state index < -0.39 is 0 Å². The summed E-state index contributed by atoms with van der Waals surface area (Å²) in [5.74, 6) is 1.48. The van der Waals surface area contributed by atoms with Crippen molar-refractivity contribution in [3.8, 4) is 0 Å². The Hall–Kier alpha value is -2.70. The molecule has 1 aromatic heterocycles. The number of piperazine rings is 1. The molecule has 3 atom stereocenters. The molecule has 0 bridgehead atoms. The average molecular weight is 441 g/mol.